The van der Waals surface area contributed by atoms with E-state index in [0.717, 1.165) is 42.6 Å². The number of amides is 2. The molecule has 2 heterocycles. The first-order chi connectivity index (χ1) is 16.9. The predicted octanol–water partition coefficient (Wildman–Crippen LogP) is 2.02. The van der Waals surface area contributed by atoms with Crippen LogP contribution in [0.3, 0.4) is 0 Å². The maximum absolute atomic E-state index is 12.9. The van der Waals surface area contributed by atoms with E-state index in [2.05, 4.69) is 24.9 Å². The van der Waals surface area contributed by atoms with Crippen molar-refractivity contribution in [2.45, 2.75) is 6.36 Å². The van der Waals surface area contributed by atoms with E-state index in [1.807, 2.05) is 11.9 Å². The smallest absolute Gasteiger partial charge is 0.404 e. The van der Waals surface area contributed by atoms with Gasteiger partial charge in [-0.05, 0) is 37.0 Å². The van der Waals surface area contributed by atoms with E-state index in [1.54, 1.807) is 0 Å². The van der Waals surface area contributed by atoms with Crippen molar-refractivity contribution in [3.8, 4) is 5.75 Å². The second-order valence-corrected chi connectivity index (χ2v) is 9.73. The Bertz CT molecular complexity index is 1160. The number of nitrogen functional groups attached to an aromatic ring is 1. The molecule has 1 aliphatic heterocycles. The molecule has 6 N–H and O–H groups in total. The molecule has 0 aliphatic carbocycles. The number of hydrogen-bond donors (Lipinski definition) is 4. The third-order valence-corrected chi connectivity index (χ3v) is 6.55. The van der Waals surface area contributed by atoms with Gasteiger partial charge in [-0.15, -0.1) is 13.2 Å². The number of likely N-dealkylation sites (N-methyl/N-ethyl adjacent to an activating group) is 1. The minimum Gasteiger partial charge on any atom is -0.404 e. The number of aromatic nitrogens is 1. The highest BCUT2D eigenvalue weighted by Crippen LogP contribution is 2.31. The maximum atomic E-state index is 12.9. The van der Waals surface area contributed by atoms with Gasteiger partial charge in [-0.2, -0.15) is 4.99 Å². The Hall–Kier alpha value is -3.21. The molecule has 1 aromatic heterocycles. The number of ether oxygens (including phenoxy) is 1. The number of carbonyl (C=O) groups excluding carboxylic acids is 2. The average molecular weight is 545 g/mol. The molecule has 2 amide bonds. The lowest BCUT2D eigenvalue weighted by molar-refractivity contribution is -0.274. The number of rotatable bonds is 6. The molecule has 0 atom stereocenters. The summed E-state index contributed by atoms with van der Waals surface area (Å²) < 4.78 is 42.6. The standard InChI is InChI=1S/C20H23F3N8O3S2/c1-30-4-6-31(7-5-30)10-15(32)28-12-8-11(2-3-13(12)34-20(21,22)23)17(33)29-19(26)36-16(24)14-9-27-18(25)35-14/h2-3,8-9,24H,4-7,10H2,1H3,(H2,25,27)(H,28,32)(H2,26,29,33). The molecule has 1 aliphatic rings. The number of alkyl halides is 3. The second-order valence-electron chi connectivity index (χ2n) is 7.64. The van der Waals surface area contributed by atoms with Crippen LogP contribution in [0.25, 0.3) is 0 Å². The summed E-state index contributed by atoms with van der Waals surface area (Å²) in [5.74, 6) is -2.13. The third-order valence-electron chi connectivity index (χ3n) is 4.86. The van der Waals surface area contributed by atoms with E-state index < -0.39 is 23.9 Å². The number of hydrogen-bond acceptors (Lipinski definition) is 10. The average Bonchev–Trinajstić information content (AvgIpc) is 3.22. The fourth-order valence-electron chi connectivity index (χ4n) is 3.11. The number of thioether (sulfide) groups is 1. The molecule has 16 heteroatoms. The number of anilines is 2. The van der Waals surface area contributed by atoms with Crippen molar-refractivity contribution in [3.05, 3.63) is 34.8 Å². The molecule has 0 bridgehead atoms. The van der Waals surface area contributed by atoms with Crippen LogP contribution in [-0.2, 0) is 4.79 Å². The van der Waals surface area contributed by atoms with Crippen molar-refractivity contribution in [1.29, 1.82) is 5.41 Å². The zero-order chi connectivity index (χ0) is 26.5. The first-order valence-electron chi connectivity index (χ1n) is 10.4. The normalized spacial score (nSPS) is 15.5. The van der Waals surface area contributed by atoms with Gasteiger partial charge in [-0.25, -0.2) is 4.98 Å². The van der Waals surface area contributed by atoms with Crippen LogP contribution in [0, 0.1) is 5.41 Å². The maximum Gasteiger partial charge on any atom is 0.573 e. The molecule has 0 unspecified atom stereocenters. The van der Waals surface area contributed by atoms with Crippen molar-refractivity contribution in [3.63, 3.8) is 0 Å². The van der Waals surface area contributed by atoms with Crippen LogP contribution in [0.15, 0.2) is 29.4 Å². The topological polar surface area (TPSA) is 163 Å². The van der Waals surface area contributed by atoms with Gasteiger partial charge in [0.25, 0.3) is 5.91 Å². The largest absolute Gasteiger partial charge is 0.573 e. The van der Waals surface area contributed by atoms with Crippen LogP contribution < -0.4 is 21.5 Å². The number of nitrogens with zero attached hydrogens (tertiary/aromatic N) is 4. The molecule has 36 heavy (non-hydrogen) atoms. The van der Waals surface area contributed by atoms with Crippen LogP contribution in [0.5, 0.6) is 5.75 Å². The molecule has 1 aromatic carbocycles. The summed E-state index contributed by atoms with van der Waals surface area (Å²) in [6.45, 7) is 2.73. The molecule has 3 rings (SSSR count). The van der Waals surface area contributed by atoms with Gasteiger partial charge in [0.05, 0.1) is 23.3 Å². The Balaban J connectivity index is 1.74. The van der Waals surface area contributed by atoms with Crippen LogP contribution in [0.1, 0.15) is 15.2 Å². The lowest BCUT2D eigenvalue weighted by Crippen LogP contribution is -2.47. The Morgan fingerprint density at radius 1 is 1.31 bits per heavy atom. The fraction of sp³-hybridized carbons (Fsp3) is 0.350. The number of benzene rings is 1. The van der Waals surface area contributed by atoms with E-state index in [1.165, 1.54) is 6.20 Å². The van der Waals surface area contributed by atoms with Crippen LogP contribution in [0.2, 0.25) is 0 Å². The molecule has 0 spiro atoms. The summed E-state index contributed by atoms with van der Waals surface area (Å²) in [7, 11) is 1.95. The number of nitrogens with one attached hydrogen (secondary N) is 2. The van der Waals surface area contributed by atoms with Gasteiger partial charge in [0.15, 0.2) is 16.0 Å². The van der Waals surface area contributed by atoms with E-state index in [0.29, 0.717) is 29.7 Å². The predicted molar refractivity (Wildman–Crippen MR) is 133 cm³/mol. The van der Waals surface area contributed by atoms with Crippen molar-refractivity contribution < 1.29 is 27.5 Å². The van der Waals surface area contributed by atoms with Crippen molar-refractivity contribution in [2.75, 3.05) is 50.8 Å². The minimum atomic E-state index is -5.01. The SMILES string of the molecule is CN1CCN(CC(=O)Nc2cc(C(=O)N=C(N)SC(=N)c3cnc(N)s3)ccc2OC(F)(F)F)CC1. The zero-order valence-electron chi connectivity index (χ0n) is 19.0. The quantitative estimate of drug-likeness (QED) is 0.315. The summed E-state index contributed by atoms with van der Waals surface area (Å²) in [5, 5.41) is 10.3. The first-order valence-corrected chi connectivity index (χ1v) is 12.0. The number of halogens is 3. The molecular formula is C20H23F3N8O3S2. The number of nitrogens with two attached hydrogens (primary N) is 2. The molecule has 0 saturated carbocycles. The molecule has 194 valence electrons. The number of carbonyl (C=O) groups is 2. The Kier molecular flexibility index (Phi) is 8.89. The van der Waals surface area contributed by atoms with Gasteiger partial charge in [-0.3, -0.25) is 19.9 Å². The van der Waals surface area contributed by atoms with Gasteiger partial charge < -0.3 is 26.4 Å². The van der Waals surface area contributed by atoms with E-state index in [-0.39, 0.29) is 33.1 Å². The van der Waals surface area contributed by atoms with Crippen LogP contribution >= 0.6 is 23.1 Å². The summed E-state index contributed by atoms with van der Waals surface area (Å²) in [4.78, 5) is 37.0. The van der Waals surface area contributed by atoms with Gasteiger partial charge in [0, 0.05) is 31.7 Å². The highest BCUT2D eigenvalue weighted by atomic mass is 32.2. The molecule has 11 nitrogen and oxygen atoms in total. The van der Waals surface area contributed by atoms with Gasteiger partial charge in [0.2, 0.25) is 5.91 Å². The molecule has 2 aromatic rings. The summed E-state index contributed by atoms with van der Waals surface area (Å²) in [6, 6.07) is 3.01. The molecule has 1 fully saturated rings. The molecule has 1 saturated heterocycles. The van der Waals surface area contributed by atoms with Gasteiger partial charge in [0.1, 0.15) is 5.04 Å². The Morgan fingerprint density at radius 3 is 2.61 bits per heavy atom. The van der Waals surface area contributed by atoms with Crippen LogP contribution in [0.4, 0.5) is 24.0 Å². The highest BCUT2D eigenvalue weighted by molar-refractivity contribution is 8.27. The van der Waals surface area contributed by atoms with Crippen molar-refractivity contribution in [1.82, 2.24) is 14.8 Å². The number of aliphatic imine (C=N–C) groups is 1. The van der Waals surface area contributed by atoms with Gasteiger partial charge in [-0.1, -0.05) is 11.3 Å². The number of amidine groups is 1. The Labute approximate surface area is 212 Å². The molecule has 0 radical (unpaired) electrons. The lowest BCUT2D eigenvalue weighted by Gasteiger charge is -2.31. The second kappa shape index (κ2) is 11.7. The van der Waals surface area contributed by atoms with E-state index in [4.69, 9.17) is 16.9 Å². The minimum absolute atomic E-state index is 0.0379. The number of thiazole rings is 1. The highest BCUT2D eigenvalue weighted by Gasteiger charge is 2.32. The van der Waals surface area contributed by atoms with Gasteiger partial charge >= 0.3 is 6.36 Å². The third kappa shape index (κ3) is 8.18. The first kappa shape index (κ1) is 27.4. The zero-order valence-corrected chi connectivity index (χ0v) is 20.6. The van der Waals surface area contributed by atoms with Crippen LogP contribution in [-0.4, -0.2) is 82.9 Å². The summed E-state index contributed by atoms with van der Waals surface area (Å²) in [5.41, 5.74) is 10.8. The number of piperazine rings is 1. The van der Waals surface area contributed by atoms with Crippen molar-refractivity contribution >= 4 is 55.9 Å². The monoisotopic (exact) mass is 544 g/mol. The Morgan fingerprint density at radius 2 is 2.00 bits per heavy atom. The van der Waals surface area contributed by atoms with Crippen molar-refractivity contribution in [2.24, 2.45) is 10.7 Å². The summed E-state index contributed by atoms with van der Waals surface area (Å²) >= 11 is 1.74. The summed E-state index contributed by atoms with van der Waals surface area (Å²) in [6.07, 6.45) is -3.64. The van der Waals surface area contributed by atoms with E-state index >= 15 is 0 Å². The molecular weight excluding hydrogens is 521 g/mol. The lowest BCUT2D eigenvalue weighted by atomic mass is 10.1. The van der Waals surface area contributed by atoms with E-state index in [9.17, 15) is 22.8 Å². The fourth-order valence-corrected chi connectivity index (χ4v) is 4.38.